The number of halogens is 1. The topological polar surface area (TPSA) is 49.3 Å². The van der Waals surface area contributed by atoms with Gasteiger partial charge in [-0.05, 0) is 26.7 Å². The minimum Gasteiger partial charge on any atom is -0.379 e. The lowest BCUT2D eigenvalue weighted by Crippen LogP contribution is -2.56. The normalized spacial score (nSPS) is 35.6. The number of ether oxygens (including phenoxy) is 2. The average molecular weight is 464 g/mol. The molecule has 0 aromatic heterocycles. The summed E-state index contributed by atoms with van der Waals surface area (Å²) < 4.78 is 11.6. The van der Waals surface area contributed by atoms with Crippen molar-refractivity contribution in [2.75, 3.05) is 53.0 Å². The minimum atomic E-state index is 0. The Balaban J connectivity index is 0.00000182. The maximum absolute atomic E-state index is 6.09. The number of nitrogens with zero attached hydrogens (tertiary/aromatic N) is 3. The number of nitrogens with one attached hydrogen (secondary N) is 1. The first kappa shape index (κ1) is 19.6. The van der Waals surface area contributed by atoms with Gasteiger partial charge in [-0.2, -0.15) is 0 Å². The molecule has 0 radical (unpaired) electrons. The summed E-state index contributed by atoms with van der Waals surface area (Å²) in [6.45, 7) is 11.5. The van der Waals surface area contributed by atoms with Crippen molar-refractivity contribution in [3.8, 4) is 0 Å². The number of aliphatic imine (C=N–C) groups is 1. The summed E-state index contributed by atoms with van der Waals surface area (Å²) in [4.78, 5) is 9.54. The standard InChI is InChI=1S/C18H32N4O2.HI/c1-18(2,22-6-8-23-9-7-22)12-20-17(19-3)21-10-13-14(11-21)16-5-4-15(13)24-16;/h13-16H,4-12H2,1-3H3,(H,19,20);1H. The van der Waals surface area contributed by atoms with Crippen LogP contribution in [0.15, 0.2) is 4.99 Å². The predicted octanol–water partition coefficient (Wildman–Crippen LogP) is 1.40. The lowest BCUT2D eigenvalue weighted by molar-refractivity contribution is -0.00849. The molecule has 0 amide bonds. The maximum atomic E-state index is 6.09. The highest BCUT2D eigenvalue weighted by Crippen LogP contribution is 2.47. The minimum absolute atomic E-state index is 0. The highest BCUT2D eigenvalue weighted by Gasteiger charge is 2.53. The van der Waals surface area contributed by atoms with Crippen LogP contribution in [0.4, 0.5) is 0 Å². The second kappa shape index (κ2) is 7.86. The molecule has 4 saturated heterocycles. The number of hydrogen-bond donors (Lipinski definition) is 1. The maximum Gasteiger partial charge on any atom is 0.193 e. The predicted molar refractivity (Wildman–Crippen MR) is 110 cm³/mol. The fourth-order valence-electron chi connectivity index (χ4n) is 5.04. The van der Waals surface area contributed by atoms with Crippen LogP contribution in [0.25, 0.3) is 0 Å². The van der Waals surface area contributed by atoms with E-state index in [0.717, 1.165) is 63.7 Å². The van der Waals surface area contributed by atoms with Gasteiger partial charge in [-0.3, -0.25) is 9.89 Å². The molecule has 6 nitrogen and oxygen atoms in total. The molecule has 2 bridgehead atoms. The number of likely N-dealkylation sites (tertiary alicyclic amines) is 1. The summed E-state index contributed by atoms with van der Waals surface area (Å²) in [6, 6.07) is 0. The van der Waals surface area contributed by atoms with Crippen molar-refractivity contribution in [2.24, 2.45) is 16.8 Å². The number of hydrogen-bond acceptors (Lipinski definition) is 4. The summed E-state index contributed by atoms with van der Waals surface area (Å²) in [5.74, 6) is 2.49. The van der Waals surface area contributed by atoms with Crippen LogP contribution >= 0.6 is 24.0 Å². The fraction of sp³-hybridized carbons (Fsp3) is 0.944. The van der Waals surface area contributed by atoms with E-state index in [9.17, 15) is 0 Å². The SMILES string of the molecule is CN=C(NCC(C)(C)N1CCOCC1)N1CC2C3CCC(O3)C2C1.I. The van der Waals surface area contributed by atoms with Gasteiger partial charge in [0.25, 0.3) is 0 Å². The number of rotatable bonds is 3. The van der Waals surface area contributed by atoms with E-state index in [4.69, 9.17) is 9.47 Å². The smallest absolute Gasteiger partial charge is 0.193 e. The first-order chi connectivity index (χ1) is 11.6. The molecule has 0 spiro atoms. The van der Waals surface area contributed by atoms with Crippen LogP contribution in [0.1, 0.15) is 26.7 Å². The Morgan fingerprint density at radius 1 is 1.12 bits per heavy atom. The molecule has 7 heteroatoms. The van der Waals surface area contributed by atoms with Crippen molar-refractivity contribution < 1.29 is 9.47 Å². The van der Waals surface area contributed by atoms with E-state index in [2.05, 4.69) is 34.0 Å². The molecule has 4 aliphatic heterocycles. The molecule has 4 heterocycles. The van der Waals surface area contributed by atoms with Crippen molar-refractivity contribution in [1.82, 2.24) is 15.1 Å². The van der Waals surface area contributed by atoms with Gasteiger partial charge in [-0.15, -0.1) is 24.0 Å². The third-order valence-electron chi connectivity index (χ3n) is 6.51. The monoisotopic (exact) mass is 464 g/mol. The van der Waals surface area contributed by atoms with E-state index >= 15 is 0 Å². The largest absolute Gasteiger partial charge is 0.379 e. The van der Waals surface area contributed by atoms with Crippen LogP contribution in [0.2, 0.25) is 0 Å². The Kier molecular flexibility index (Phi) is 6.17. The quantitative estimate of drug-likeness (QED) is 0.389. The van der Waals surface area contributed by atoms with Crippen molar-refractivity contribution in [2.45, 2.75) is 44.4 Å². The lowest BCUT2D eigenvalue weighted by Gasteiger charge is -2.41. The average Bonchev–Trinajstić information content (AvgIpc) is 3.29. The van der Waals surface area contributed by atoms with Crippen LogP contribution in [0.3, 0.4) is 0 Å². The van der Waals surface area contributed by atoms with E-state index < -0.39 is 0 Å². The Labute approximate surface area is 168 Å². The number of morpholine rings is 1. The van der Waals surface area contributed by atoms with E-state index in [1.807, 2.05) is 7.05 Å². The van der Waals surface area contributed by atoms with Gasteiger partial charge in [0.05, 0.1) is 25.4 Å². The van der Waals surface area contributed by atoms with Gasteiger partial charge in [0.1, 0.15) is 0 Å². The molecule has 25 heavy (non-hydrogen) atoms. The van der Waals surface area contributed by atoms with E-state index in [-0.39, 0.29) is 29.5 Å². The van der Waals surface area contributed by atoms with Gasteiger partial charge in [0.2, 0.25) is 0 Å². The number of fused-ring (bicyclic) bond motifs is 5. The summed E-state index contributed by atoms with van der Waals surface area (Å²) in [7, 11) is 1.91. The third kappa shape index (κ3) is 3.80. The first-order valence-corrected chi connectivity index (χ1v) is 9.52. The zero-order valence-corrected chi connectivity index (χ0v) is 18.1. The third-order valence-corrected chi connectivity index (χ3v) is 6.51. The van der Waals surface area contributed by atoms with E-state index in [1.165, 1.54) is 12.8 Å². The molecule has 1 N–H and O–H groups in total. The second-order valence-electron chi connectivity index (χ2n) is 8.34. The Morgan fingerprint density at radius 2 is 1.72 bits per heavy atom. The van der Waals surface area contributed by atoms with E-state index in [1.54, 1.807) is 0 Å². The van der Waals surface area contributed by atoms with Crippen molar-refractivity contribution in [3.05, 3.63) is 0 Å². The van der Waals surface area contributed by atoms with Gasteiger partial charge >= 0.3 is 0 Å². The van der Waals surface area contributed by atoms with Gasteiger partial charge in [-0.25, -0.2) is 0 Å². The highest BCUT2D eigenvalue weighted by atomic mass is 127. The molecule has 4 rings (SSSR count). The van der Waals surface area contributed by atoms with Gasteiger partial charge in [-0.1, -0.05) is 0 Å². The molecule has 0 aromatic carbocycles. The molecule has 0 saturated carbocycles. The van der Waals surface area contributed by atoms with Crippen molar-refractivity contribution in [1.29, 1.82) is 0 Å². The molecular weight excluding hydrogens is 431 g/mol. The Hall–Kier alpha value is -0.120. The molecule has 0 aromatic rings. The summed E-state index contributed by atoms with van der Waals surface area (Å²) >= 11 is 0. The Morgan fingerprint density at radius 3 is 2.28 bits per heavy atom. The van der Waals surface area contributed by atoms with E-state index in [0.29, 0.717) is 12.2 Å². The zero-order chi connectivity index (χ0) is 16.7. The van der Waals surface area contributed by atoms with Crippen LogP contribution < -0.4 is 5.32 Å². The number of guanidine groups is 1. The molecule has 4 atom stereocenters. The van der Waals surface area contributed by atoms with Crippen molar-refractivity contribution in [3.63, 3.8) is 0 Å². The molecule has 4 unspecified atom stereocenters. The lowest BCUT2D eigenvalue weighted by atomic mass is 9.82. The summed E-state index contributed by atoms with van der Waals surface area (Å²) in [5.41, 5.74) is 0.109. The van der Waals surface area contributed by atoms with Crippen LogP contribution in [0, 0.1) is 11.8 Å². The fourth-order valence-corrected chi connectivity index (χ4v) is 5.04. The molecule has 0 aliphatic carbocycles. The van der Waals surface area contributed by atoms with Crippen LogP contribution in [0.5, 0.6) is 0 Å². The zero-order valence-electron chi connectivity index (χ0n) is 15.7. The van der Waals surface area contributed by atoms with Gasteiger partial charge < -0.3 is 19.7 Å². The van der Waals surface area contributed by atoms with Gasteiger partial charge in [0, 0.05) is 57.1 Å². The molecular formula is C18H33IN4O2. The second-order valence-corrected chi connectivity index (χ2v) is 8.34. The Bertz CT molecular complexity index is 477. The highest BCUT2D eigenvalue weighted by molar-refractivity contribution is 14.0. The molecule has 144 valence electrons. The van der Waals surface area contributed by atoms with Gasteiger partial charge in [0.15, 0.2) is 5.96 Å². The molecule has 4 aliphatic rings. The van der Waals surface area contributed by atoms with Crippen LogP contribution in [-0.4, -0.2) is 86.5 Å². The van der Waals surface area contributed by atoms with Crippen LogP contribution in [-0.2, 0) is 9.47 Å². The summed E-state index contributed by atoms with van der Waals surface area (Å²) in [5, 5.41) is 3.64. The molecule has 4 fully saturated rings. The summed E-state index contributed by atoms with van der Waals surface area (Å²) in [6.07, 6.45) is 3.53. The first-order valence-electron chi connectivity index (χ1n) is 9.52. The van der Waals surface area contributed by atoms with Crippen molar-refractivity contribution >= 4 is 29.9 Å².